The molecule has 9 aromatic carbocycles. The SMILES string of the molecule is Cc1ccccc1SC(C)c1ccc(-c2ccc(-c3ccc4nc5c(-c6ccc7ccccc7c6)c6ccccc6c(-c6ccc7ccccc7c6)c5n4c3)cc2)cc1. The van der Waals surface area contributed by atoms with Crippen LogP contribution in [0.1, 0.15) is 23.3 Å². The molecule has 0 radical (unpaired) electrons. The van der Waals surface area contributed by atoms with Gasteiger partial charge in [0.1, 0.15) is 5.65 Å². The maximum absolute atomic E-state index is 5.47. The van der Waals surface area contributed by atoms with E-state index in [4.69, 9.17) is 4.98 Å². The first kappa shape index (κ1) is 35.2. The van der Waals surface area contributed by atoms with E-state index in [1.165, 1.54) is 81.7 Å². The van der Waals surface area contributed by atoms with Crippen molar-refractivity contribution >= 4 is 60.8 Å². The van der Waals surface area contributed by atoms with E-state index in [0.29, 0.717) is 5.25 Å². The van der Waals surface area contributed by atoms with Gasteiger partial charge in [0.2, 0.25) is 0 Å². The number of imidazole rings is 1. The molecule has 0 spiro atoms. The average Bonchev–Trinajstić information content (AvgIpc) is 3.67. The molecule has 3 heteroatoms. The predicted molar refractivity (Wildman–Crippen MR) is 252 cm³/mol. The summed E-state index contributed by atoms with van der Waals surface area (Å²) in [6.45, 7) is 4.48. The van der Waals surface area contributed by atoms with Gasteiger partial charge in [0.05, 0.1) is 11.0 Å². The van der Waals surface area contributed by atoms with E-state index in [1.807, 2.05) is 11.8 Å². The molecule has 2 aromatic heterocycles. The summed E-state index contributed by atoms with van der Waals surface area (Å²) in [6.07, 6.45) is 2.28. The quantitative estimate of drug-likeness (QED) is 0.150. The van der Waals surface area contributed by atoms with Crippen LogP contribution in [-0.4, -0.2) is 9.38 Å². The molecule has 0 aliphatic heterocycles. The molecule has 0 N–H and O–H groups in total. The molecule has 0 saturated heterocycles. The van der Waals surface area contributed by atoms with Crippen LogP contribution in [0.3, 0.4) is 0 Å². The van der Waals surface area contributed by atoms with Gasteiger partial charge in [0.15, 0.2) is 0 Å². The smallest absolute Gasteiger partial charge is 0.137 e. The fourth-order valence-electron chi connectivity index (χ4n) is 8.83. The van der Waals surface area contributed by atoms with Gasteiger partial charge < -0.3 is 0 Å². The number of aryl methyl sites for hydroxylation is 1. The molecule has 2 nitrogen and oxygen atoms in total. The van der Waals surface area contributed by atoms with Crippen molar-refractivity contribution < 1.29 is 0 Å². The largest absolute Gasteiger partial charge is 0.298 e. The molecule has 0 aliphatic rings. The van der Waals surface area contributed by atoms with Crippen LogP contribution in [0.4, 0.5) is 0 Å². The van der Waals surface area contributed by atoms with Gasteiger partial charge in [-0.15, -0.1) is 11.8 Å². The van der Waals surface area contributed by atoms with Crippen molar-refractivity contribution in [2.24, 2.45) is 0 Å². The Morgan fingerprint density at radius 1 is 0.458 bits per heavy atom. The topological polar surface area (TPSA) is 17.3 Å². The minimum atomic E-state index is 0.366. The van der Waals surface area contributed by atoms with Gasteiger partial charge >= 0.3 is 0 Å². The number of thioether (sulfide) groups is 1. The highest BCUT2D eigenvalue weighted by molar-refractivity contribution is 7.99. The minimum absolute atomic E-state index is 0.366. The monoisotopic (exact) mass is 772 g/mol. The number of hydrogen-bond acceptors (Lipinski definition) is 2. The van der Waals surface area contributed by atoms with Gasteiger partial charge in [-0.2, -0.15) is 0 Å². The summed E-state index contributed by atoms with van der Waals surface area (Å²) in [4.78, 5) is 6.81. The van der Waals surface area contributed by atoms with E-state index in [1.54, 1.807) is 0 Å². The third-order valence-corrected chi connectivity index (χ3v) is 13.3. The molecule has 1 unspecified atom stereocenters. The zero-order valence-electron chi connectivity index (χ0n) is 32.9. The summed E-state index contributed by atoms with van der Waals surface area (Å²) in [5.74, 6) is 0. The number of pyridine rings is 1. The molecule has 0 amide bonds. The van der Waals surface area contributed by atoms with Crippen LogP contribution in [0.15, 0.2) is 205 Å². The van der Waals surface area contributed by atoms with Crippen LogP contribution in [0.25, 0.3) is 93.5 Å². The number of hydrogen-bond donors (Lipinski definition) is 0. The number of fused-ring (bicyclic) bond motifs is 6. The lowest BCUT2D eigenvalue weighted by Crippen LogP contribution is -1.93. The van der Waals surface area contributed by atoms with Crippen molar-refractivity contribution in [3.8, 4) is 44.5 Å². The van der Waals surface area contributed by atoms with Crippen LogP contribution < -0.4 is 0 Å². The van der Waals surface area contributed by atoms with Crippen LogP contribution >= 0.6 is 11.8 Å². The summed E-state index contributed by atoms with van der Waals surface area (Å²) >= 11 is 1.92. The van der Waals surface area contributed by atoms with E-state index in [0.717, 1.165) is 27.8 Å². The van der Waals surface area contributed by atoms with E-state index in [9.17, 15) is 0 Å². The average molecular weight is 773 g/mol. The Bertz CT molecular complexity index is 3380. The first-order valence-electron chi connectivity index (χ1n) is 20.3. The molecular weight excluding hydrogens is 733 g/mol. The van der Waals surface area contributed by atoms with Crippen LogP contribution in [-0.2, 0) is 0 Å². The standard InChI is InChI=1S/C56H40N2S/c1-36-11-3-10-18-51(36)59-37(2)38-19-21-41(22-20-38)42-23-25-43(26-24-42)48-31-32-52-57-55-53(46-29-27-39-12-4-6-14-44(39)33-46)49-16-8-9-17-50(49)54(56(55)58(52)35-48)47-30-28-40-13-5-7-15-45(40)34-47/h3-35,37H,1-2H3. The highest BCUT2D eigenvalue weighted by Gasteiger charge is 2.22. The maximum atomic E-state index is 5.47. The summed E-state index contributed by atoms with van der Waals surface area (Å²) < 4.78 is 2.33. The second-order valence-electron chi connectivity index (χ2n) is 15.6. The Kier molecular flexibility index (Phi) is 8.64. The second kappa shape index (κ2) is 14.5. The molecule has 0 fully saturated rings. The molecule has 11 rings (SSSR count). The Morgan fingerprint density at radius 2 is 0.949 bits per heavy atom. The molecule has 0 bridgehead atoms. The number of rotatable bonds is 7. The summed E-state index contributed by atoms with van der Waals surface area (Å²) in [7, 11) is 0. The van der Waals surface area contributed by atoms with Gasteiger partial charge in [-0.05, 0) is 121 Å². The van der Waals surface area contributed by atoms with Gasteiger partial charge in [0.25, 0.3) is 0 Å². The number of benzene rings is 9. The zero-order valence-corrected chi connectivity index (χ0v) is 33.7. The van der Waals surface area contributed by atoms with E-state index < -0.39 is 0 Å². The zero-order chi connectivity index (χ0) is 39.5. The van der Waals surface area contributed by atoms with Crippen molar-refractivity contribution in [2.45, 2.75) is 24.0 Å². The third kappa shape index (κ3) is 6.26. The maximum Gasteiger partial charge on any atom is 0.137 e. The summed E-state index contributed by atoms with van der Waals surface area (Å²) in [5, 5.41) is 7.68. The Labute approximate surface area is 348 Å². The first-order valence-corrected chi connectivity index (χ1v) is 21.2. The fourth-order valence-corrected chi connectivity index (χ4v) is 9.91. The Morgan fingerprint density at radius 3 is 1.59 bits per heavy atom. The summed E-state index contributed by atoms with van der Waals surface area (Å²) in [6, 6.07) is 70.9. The lowest BCUT2D eigenvalue weighted by Gasteiger charge is -2.16. The van der Waals surface area contributed by atoms with Gasteiger partial charge in [-0.3, -0.25) is 4.40 Å². The molecule has 0 aliphatic carbocycles. The van der Waals surface area contributed by atoms with Crippen molar-refractivity contribution in [3.05, 3.63) is 211 Å². The molecular formula is C56H40N2S. The van der Waals surface area contributed by atoms with Gasteiger partial charge in [-0.1, -0.05) is 164 Å². The summed E-state index contributed by atoms with van der Waals surface area (Å²) in [5.41, 5.74) is 15.1. The van der Waals surface area contributed by atoms with Crippen molar-refractivity contribution in [1.29, 1.82) is 0 Å². The molecule has 0 saturated carbocycles. The van der Waals surface area contributed by atoms with Crippen molar-refractivity contribution in [3.63, 3.8) is 0 Å². The lowest BCUT2D eigenvalue weighted by molar-refractivity contribution is 1.09. The third-order valence-electron chi connectivity index (χ3n) is 12.0. The van der Waals surface area contributed by atoms with E-state index >= 15 is 0 Å². The Balaban J connectivity index is 1.04. The van der Waals surface area contributed by atoms with Gasteiger partial charge in [0, 0.05) is 27.5 Å². The highest BCUT2D eigenvalue weighted by Crippen LogP contribution is 2.45. The van der Waals surface area contributed by atoms with Crippen LogP contribution in [0, 0.1) is 6.92 Å². The second-order valence-corrected chi connectivity index (χ2v) is 17.0. The van der Waals surface area contributed by atoms with E-state index in [2.05, 4.69) is 219 Å². The van der Waals surface area contributed by atoms with Crippen molar-refractivity contribution in [1.82, 2.24) is 9.38 Å². The molecule has 280 valence electrons. The molecule has 11 aromatic rings. The molecule has 2 heterocycles. The number of nitrogens with zero attached hydrogens (tertiary/aromatic N) is 2. The normalized spacial score (nSPS) is 12.2. The van der Waals surface area contributed by atoms with Crippen molar-refractivity contribution in [2.75, 3.05) is 0 Å². The first-order chi connectivity index (χ1) is 29.1. The molecule has 1 atom stereocenters. The lowest BCUT2D eigenvalue weighted by atomic mass is 9.89. The van der Waals surface area contributed by atoms with E-state index in [-0.39, 0.29) is 0 Å². The molecule has 59 heavy (non-hydrogen) atoms. The number of aromatic nitrogens is 2. The predicted octanol–water partition coefficient (Wildman–Crippen LogP) is 15.8. The van der Waals surface area contributed by atoms with Crippen LogP contribution in [0.5, 0.6) is 0 Å². The van der Waals surface area contributed by atoms with Gasteiger partial charge in [-0.25, -0.2) is 4.98 Å². The Hall–Kier alpha value is -6.94. The van der Waals surface area contributed by atoms with Crippen LogP contribution in [0.2, 0.25) is 0 Å². The highest BCUT2D eigenvalue weighted by atomic mass is 32.2. The fraction of sp³-hybridized carbons (Fsp3) is 0.0536. The minimum Gasteiger partial charge on any atom is -0.298 e.